The Hall–Kier alpha value is 3.40. The van der Waals surface area contributed by atoms with E-state index in [9.17, 15) is 0 Å². The van der Waals surface area contributed by atoms with Crippen LogP contribution >= 0.6 is 7.82 Å². The first-order valence-electron chi connectivity index (χ1n) is 0.730. The Bertz CT molecular complexity index is 61.9. The third kappa shape index (κ3) is 87.1. The van der Waals surface area contributed by atoms with Gasteiger partial charge in [-0.2, -0.15) is 7.82 Å². The van der Waals surface area contributed by atoms with Crippen molar-refractivity contribution in [2.24, 2.45) is 0 Å². The van der Waals surface area contributed by atoms with Crippen LogP contribution in [0.15, 0.2) is 0 Å². The van der Waals surface area contributed by atoms with Crippen molar-refractivity contribution in [2.75, 3.05) is 0 Å². The molecule has 9 heavy (non-hydrogen) atoms. The van der Waals surface area contributed by atoms with E-state index in [0.717, 1.165) is 0 Å². The van der Waals surface area contributed by atoms with Gasteiger partial charge < -0.3 is 19.2 Å². The van der Waals surface area contributed by atoms with Crippen molar-refractivity contribution in [2.45, 2.75) is 0 Å². The summed E-state index contributed by atoms with van der Waals surface area (Å²) >= 11 is 0. The molecule has 0 amide bonds. The van der Waals surface area contributed by atoms with E-state index in [1.165, 1.54) is 0 Å². The van der Waals surface area contributed by atoms with Crippen molar-refractivity contribution < 1.29 is 120 Å². The fourth-order valence-corrected chi connectivity index (χ4v) is 0. The molecule has 0 spiro atoms. The van der Waals surface area contributed by atoms with Gasteiger partial charge >= 0.3 is 88.7 Å². The Morgan fingerprint density at radius 1 is 0.889 bits per heavy atom. The molecule has 0 atom stereocenters. The zero-order valence-corrected chi connectivity index (χ0v) is 13.3. The van der Waals surface area contributed by atoms with Crippen molar-refractivity contribution in [3.63, 3.8) is 0 Å². The van der Waals surface area contributed by atoms with Crippen LogP contribution in [0.5, 0.6) is 0 Å². The van der Waals surface area contributed by atoms with Crippen LogP contribution < -0.4 is 103 Å². The summed E-state index contributed by atoms with van der Waals surface area (Å²) in [6.45, 7) is 0. The van der Waals surface area contributed by atoms with Crippen LogP contribution in [-0.4, -0.2) is 0 Å². The first-order chi connectivity index (χ1) is 2.00. The van der Waals surface area contributed by atoms with Gasteiger partial charge in [0.2, 0.25) is 0 Å². The quantitative estimate of drug-likeness (QED) is 0.288. The van der Waals surface area contributed by atoms with Crippen LogP contribution in [0.1, 0.15) is 0 Å². The Labute approximate surface area is 126 Å². The third-order valence-electron chi connectivity index (χ3n) is 0. The molecule has 0 unspecified atom stereocenters. The van der Waals surface area contributed by atoms with Gasteiger partial charge in [0.25, 0.3) is 0 Å². The van der Waals surface area contributed by atoms with Crippen LogP contribution in [-0.2, 0) is 4.57 Å². The van der Waals surface area contributed by atoms with E-state index in [2.05, 4.69) is 0 Å². The minimum atomic E-state index is -5.39. The molecule has 0 aromatic rings. The van der Waals surface area contributed by atoms with E-state index in [4.69, 9.17) is 19.2 Å². The van der Waals surface area contributed by atoms with Gasteiger partial charge in [0, 0.05) is 0 Å². The molecule has 0 heterocycles. The summed E-state index contributed by atoms with van der Waals surface area (Å²) in [5, 5.41) is 0. The van der Waals surface area contributed by atoms with Crippen molar-refractivity contribution in [3.05, 3.63) is 0 Å². The van der Waals surface area contributed by atoms with E-state index in [1.54, 1.807) is 0 Å². The summed E-state index contributed by atoms with van der Waals surface area (Å²) in [5.74, 6) is 0. The molecule has 0 saturated heterocycles. The minimum absolute atomic E-state index is 0. The van der Waals surface area contributed by atoms with Crippen LogP contribution in [0, 0.1) is 12.4 Å². The molecule has 0 rings (SSSR count). The van der Waals surface area contributed by atoms with Crippen LogP contribution in [0.25, 0.3) is 0 Å². The molecule has 0 bridgehead atoms. The van der Waals surface area contributed by atoms with Crippen LogP contribution in [0.2, 0.25) is 0 Å². The Balaban J connectivity index is -0.0000000133. The summed E-state index contributed by atoms with van der Waals surface area (Å²) in [6.07, 6.45) is 0. The normalized spacial score (nSPS) is 6.56. The Morgan fingerprint density at radius 3 is 0.889 bits per heavy atom. The zero-order chi connectivity index (χ0) is 4.50. The first kappa shape index (κ1) is 29.4. The molecule has 0 saturated carbocycles. The van der Waals surface area contributed by atoms with Crippen molar-refractivity contribution in [3.8, 4) is 0 Å². The Kier molecular flexibility index (Phi) is 45.6. The molecule has 4 nitrogen and oxygen atoms in total. The fourth-order valence-electron chi connectivity index (χ4n) is 0. The number of hydrogen-bond donors (Lipinski definition) is 0. The van der Waals surface area contributed by atoms with E-state index in [-0.39, 0.29) is 101 Å². The van der Waals surface area contributed by atoms with Crippen molar-refractivity contribution >= 4 is 7.82 Å². The first-order valence-corrected chi connectivity index (χ1v) is 2.19. The van der Waals surface area contributed by atoms with Gasteiger partial charge in [-0.05, 0) is 0 Å². The molecule has 0 aliphatic heterocycles. The number of rotatable bonds is 0. The monoisotopic (exact) mass is 201 g/mol. The molecule has 0 N–H and O–H groups in total. The molecule has 0 fully saturated rings. The van der Waals surface area contributed by atoms with Crippen LogP contribution in [0.4, 0.5) is 0 Å². The average Bonchev–Trinajstić information content (AvgIpc) is 0.722. The van der Waals surface area contributed by atoms with Crippen molar-refractivity contribution in [1.29, 1.82) is 0 Å². The van der Waals surface area contributed by atoms with Gasteiger partial charge in [-0.1, -0.05) is 0 Å². The van der Waals surface area contributed by atoms with Gasteiger partial charge in [0.15, 0.2) is 0 Å². The largest absolute Gasteiger partial charge is 1.00 e. The molecule has 0 radical (unpaired) electrons. The zero-order valence-electron chi connectivity index (χ0n) is 5.53. The Morgan fingerprint density at radius 2 is 0.889 bits per heavy atom. The predicted molar refractivity (Wildman–Crippen MR) is 10.4 cm³/mol. The standard InChI is InChI=1S/ClH2.3Na.H3O4P/c;;;;1-5(2,3)4/h1H2;;;;(H3,1,2,3,4)/q4*+1;/p-3. The molecule has 40 valence electrons. The predicted octanol–water partition coefficient (Wildman–Crippen LogP) is -12.3. The summed E-state index contributed by atoms with van der Waals surface area (Å²) in [7, 11) is -5.39. The SMILES string of the molecule is O=P([O-])([O-])[O-].[ClH2+].[Na+].[Na+].[Na+]. The second kappa shape index (κ2) is 14.0. The van der Waals surface area contributed by atoms with E-state index in [0.29, 0.717) is 0 Å². The summed E-state index contributed by atoms with van der Waals surface area (Å²) in [5.41, 5.74) is 0. The van der Waals surface area contributed by atoms with Gasteiger partial charge in [-0.3, -0.25) is 0 Å². The summed E-state index contributed by atoms with van der Waals surface area (Å²) in [6, 6.07) is 0. The molecule has 0 aliphatic rings. The van der Waals surface area contributed by atoms with Gasteiger partial charge in [-0.15, -0.1) is 0 Å². The third-order valence-corrected chi connectivity index (χ3v) is 0. The summed E-state index contributed by atoms with van der Waals surface area (Å²) < 4.78 is 8.55. The second-order valence-electron chi connectivity index (χ2n) is 0.447. The summed E-state index contributed by atoms with van der Waals surface area (Å²) in [4.78, 5) is 25.6. The van der Waals surface area contributed by atoms with Crippen LogP contribution in [0.3, 0.4) is 0 Å². The van der Waals surface area contributed by atoms with Gasteiger partial charge in [0.1, 0.15) is 0 Å². The van der Waals surface area contributed by atoms with E-state index in [1.807, 2.05) is 0 Å². The van der Waals surface area contributed by atoms with E-state index >= 15 is 0 Å². The fraction of sp³-hybridized carbons (Fsp3) is 0. The molecule has 9 heteroatoms. The maximum atomic E-state index is 8.55. The van der Waals surface area contributed by atoms with Gasteiger partial charge in [-0.25, -0.2) is 0 Å². The number of hydrogen-bond acceptors (Lipinski definition) is 4. The number of halogens is 1. The molecular formula is H2ClNa3O4P+. The van der Waals surface area contributed by atoms with E-state index < -0.39 is 7.82 Å². The average molecular weight is 201 g/mol. The maximum absolute atomic E-state index is 8.55. The topological polar surface area (TPSA) is 86.2 Å². The smallest absolute Gasteiger partial charge is 0.822 e. The second-order valence-corrected chi connectivity index (χ2v) is 1.34. The molecule has 0 aromatic carbocycles. The maximum Gasteiger partial charge on any atom is 1.00 e. The molecular weight excluding hydrogens is 199 g/mol. The molecule has 0 aliphatic carbocycles. The minimum Gasteiger partial charge on any atom is -0.822 e. The van der Waals surface area contributed by atoms with Crippen molar-refractivity contribution in [1.82, 2.24) is 0 Å². The number of phosphoric acid groups is 1. The molecule has 0 aromatic heterocycles. The van der Waals surface area contributed by atoms with Gasteiger partial charge in [0.05, 0.1) is 12.4 Å².